The van der Waals surface area contributed by atoms with Crippen molar-refractivity contribution in [3.05, 3.63) is 64.9 Å². The SMILES string of the molecule is CCN(CC)C(CNC(=O)COc1ccc2ccc(=O)oc2c1)c1ccco1. The van der Waals surface area contributed by atoms with E-state index in [-0.39, 0.29) is 18.6 Å². The van der Waals surface area contributed by atoms with Gasteiger partial charge in [0.1, 0.15) is 17.1 Å². The minimum atomic E-state index is -0.428. The van der Waals surface area contributed by atoms with Gasteiger partial charge < -0.3 is 18.9 Å². The van der Waals surface area contributed by atoms with Crippen LogP contribution in [0.15, 0.2) is 62.4 Å². The molecule has 0 aliphatic carbocycles. The molecule has 7 nitrogen and oxygen atoms in total. The molecule has 0 saturated heterocycles. The molecule has 7 heteroatoms. The largest absolute Gasteiger partial charge is 0.484 e. The van der Waals surface area contributed by atoms with Crippen LogP contribution >= 0.6 is 0 Å². The summed E-state index contributed by atoms with van der Waals surface area (Å²) in [5, 5.41) is 3.69. The Kier molecular flexibility index (Phi) is 6.49. The zero-order chi connectivity index (χ0) is 19.9. The lowest BCUT2D eigenvalue weighted by Gasteiger charge is -2.28. The number of ether oxygens (including phenoxy) is 1. The number of amides is 1. The summed E-state index contributed by atoms with van der Waals surface area (Å²) in [6.45, 7) is 6.12. The molecule has 3 rings (SSSR count). The molecule has 0 saturated carbocycles. The summed E-state index contributed by atoms with van der Waals surface area (Å²) in [7, 11) is 0. The van der Waals surface area contributed by atoms with Gasteiger partial charge in [-0.3, -0.25) is 9.69 Å². The minimum absolute atomic E-state index is 0.0381. The van der Waals surface area contributed by atoms with Crippen molar-refractivity contribution in [1.82, 2.24) is 10.2 Å². The Morgan fingerprint density at radius 1 is 1.18 bits per heavy atom. The van der Waals surface area contributed by atoms with Gasteiger partial charge in [-0.15, -0.1) is 0 Å². The van der Waals surface area contributed by atoms with Crippen LogP contribution in [0.5, 0.6) is 5.75 Å². The van der Waals surface area contributed by atoms with Crippen molar-refractivity contribution < 1.29 is 18.4 Å². The minimum Gasteiger partial charge on any atom is -0.484 e. The van der Waals surface area contributed by atoms with Crippen molar-refractivity contribution in [3.63, 3.8) is 0 Å². The molecule has 0 bridgehead atoms. The number of carbonyl (C=O) groups is 1. The number of rotatable bonds is 9. The van der Waals surface area contributed by atoms with Crippen LogP contribution in [0.1, 0.15) is 25.6 Å². The summed E-state index contributed by atoms with van der Waals surface area (Å²) < 4.78 is 16.2. The van der Waals surface area contributed by atoms with Gasteiger partial charge in [0.05, 0.1) is 12.3 Å². The van der Waals surface area contributed by atoms with E-state index in [1.54, 1.807) is 30.5 Å². The van der Waals surface area contributed by atoms with Crippen molar-refractivity contribution in [2.24, 2.45) is 0 Å². The third-order valence-electron chi connectivity index (χ3n) is 4.58. The molecule has 0 aliphatic heterocycles. The number of likely N-dealkylation sites (N-methyl/N-ethyl adjacent to an activating group) is 1. The highest BCUT2D eigenvalue weighted by Crippen LogP contribution is 2.21. The number of benzene rings is 1. The van der Waals surface area contributed by atoms with Crippen LogP contribution in [0.25, 0.3) is 11.0 Å². The van der Waals surface area contributed by atoms with E-state index in [1.165, 1.54) is 6.07 Å². The van der Waals surface area contributed by atoms with Gasteiger partial charge in [-0.1, -0.05) is 13.8 Å². The zero-order valence-electron chi connectivity index (χ0n) is 16.0. The summed E-state index contributed by atoms with van der Waals surface area (Å²) in [5.74, 6) is 1.04. The van der Waals surface area contributed by atoms with E-state index in [2.05, 4.69) is 24.1 Å². The van der Waals surface area contributed by atoms with Crippen molar-refractivity contribution in [2.75, 3.05) is 26.2 Å². The highest BCUT2D eigenvalue weighted by atomic mass is 16.5. The molecule has 2 heterocycles. The topological polar surface area (TPSA) is 84.9 Å². The number of hydrogen-bond acceptors (Lipinski definition) is 6. The first kappa shape index (κ1) is 19.7. The first-order chi connectivity index (χ1) is 13.6. The average Bonchev–Trinajstić information content (AvgIpc) is 3.23. The standard InChI is InChI=1S/C21H24N2O5/c1-3-23(4-2)17(18-6-5-11-26-18)13-22-20(24)14-27-16-9-7-15-8-10-21(25)28-19(15)12-16/h5-12,17H,3-4,13-14H2,1-2H3,(H,22,24). The molecule has 0 radical (unpaired) electrons. The molecule has 1 aromatic carbocycles. The van der Waals surface area contributed by atoms with Crippen molar-refractivity contribution in [1.29, 1.82) is 0 Å². The van der Waals surface area contributed by atoms with Gasteiger partial charge in [-0.25, -0.2) is 4.79 Å². The Balaban J connectivity index is 1.58. The first-order valence-electron chi connectivity index (χ1n) is 9.31. The molecule has 0 fully saturated rings. The second kappa shape index (κ2) is 9.23. The lowest BCUT2D eigenvalue weighted by molar-refractivity contribution is -0.123. The third kappa shape index (κ3) is 4.80. The fourth-order valence-electron chi connectivity index (χ4n) is 3.10. The molecule has 2 aromatic heterocycles. The van der Waals surface area contributed by atoms with Crippen molar-refractivity contribution in [3.8, 4) is 5.75 Å². The second-order valence-corrected chi connectivity index (χ2v) is 6.30. The molecule has 0 aliphatic rings. The molecular formula is C21H24N2O5. The number of furan rings is 1. The zero-order valence-corrected chi connectivity index (χ0v) is 16.0. The van der Waals surface area contributed by atoms with Crippen LogP contribution in [-0.4, -0.2) is 37.0 Å². The van der Waals surface area contributed by atoms with E-state index in [4.69, 9.17) is 13.6 Å². The molecular weight excluding hydrogens is 360 g/mol. The van der Waals surface area contributed by atoms with Crippen LogP contribution in [0.2, 0.25) is 0 Å². The second-order valence-electron chi connectivity index (χ2n) is 6.30. The number of hydrogen-bond donors (Lipinski definition) is 1. The molecule has 28 heavy (non-hydrogen) atoms. The maximum Gasteiger partial charge on any atom is 0.336 e. The Hall–Kier alpha value is -3.06. The Labute approximate surface area is 162 Å². The third-order valence-corrected chi connectivity index (χ3v) is 4.58. The fraction of sp³-hybridized carbons (Fsp3) is 0.333. The Morgan fingerprint density at radius 3 is 2.68 bits per heavy atom. The van der Waals surface area contributed by atoms with Crippen LogP contribution in [0.4, 0.5) is 0 Å². The highest BCUT2D eigenvalue weighted by Gasteiger charge is 2.21. The van der Waals surface area contributed by atoms with E-state index in [9.17, 15) is 9.59 Å². The normalized spacial score (nSPS) is 12.2. The lowest BCUT2D eigenvalue weighted by atomic mass is 10.2. The molecule has 1 atom stereocenters. The summed E-state index contributed by atoms with van der Waals surface area (Å²) >= 11 is 0. The van der Waals surface area contributed by atoms with Gasteiger partial charge in [0, 0.05) is 24.1 Å². The van der Waals surface area contributed by atoms with Gasteiger partial charge in [-0.05, 0) is 43.4 Å². The van der Waals surface area contributed by atoms with Gasteiger partial charge in [0.2, 0.25) is 0 Å². The highest BCUT2D eigenvalue weighted by molar-refractivity contribution is 5.79. The van der Waals surface area contributed by atoms with E-state index in [0.717, 1.165) is 24.2 Å². The van der Waals surface area contributed by atoms with Gasteiger partial charge >= 0.3 is 5.63 Å². The monoisotopic (exact) mass is 384 g/mol. The average molecular weight is 384 g/mol. The number of carbonyl (C=O) groups excluding carboxylic acids is 1. The number of nitrogens with one attached hydrogen (secondary N) is 1. The number of fused-ring (bicyclic) bond motifs is 1. The molecule has 0 spiro atoms. The van der Waals surface area contributed by atoms with Crippen molar-refractivity contribution in [2.45, 2.75) is 19.9 Å². The maximum absolute atomic E-state index is 12.2. The van der Waals surface area contributed by atoms with Gasteiger partial charge in [0.25, 0.3) is 5.91 Å². The fourth-order valence-corrected chi connectivity index (χ4v) is 3.10. The van der Waals surface area contributed by atoms with E-state index < -0.39 is 5.63 Å². The molecule has 148 valence electrons. The Bertz CT molecular complexity index is 960. The van der Waals surface area contributed by atoms with E-state index in [1.807, 2.05) is 12.1 Å². The lowest BCUT2D eigenvalue weighted by Crippen LogP contribution is -2.39. The van der Waals surface area contributed by atoms with E-state index in [0.29, 0.717) is 17.9 Å². The number of nitrogens with zero attached hydrogens (tertiary/aromatic N) is 1. The summed E-state index contributed by atoms with van der Waals surface area (Å²) in [6, 6.07) is 11.9. The van der Waals surface area contributed by atoms with Crippen LogP contribution < -0.4 is 15.7 Å². The molecule has 3 aromatic rings. The van der Waals surface area contributed by atoms with Crippen LogP contribution in [0.3, 0.4) is 0 Å². The predicted molar refractivity (Wildman–Crippen MR) is 105 cm³/mol. The van der Waals surface area contributed by atoms with Gasteiger partial charge in [-0.2, -0.15) is 0 Å². The van der Waals surface area contributed by atoms with Gasteiger partial charge in [0.15, 0.2) is 6.61 Å². The molecule has 1 amide bonds. The maximum atomic E-state index is 12.2. The molecule has 1 unspecified atom stereocenters. The quantitative estimate of drug-likeness (QED) is 0.571. The Morgan fingerprint density at radius 2 is 1.96 bits per heavy atom. The van der Waals surface area contributed by atoms with Crippen molar-refractivity contribution >= 4 is 16.9 Å². The summed E-state index contributed by atoms with van der Waals surface area (Å²) in [4.78, 5) is 25.8. The predicted octanol–water partition coefficient (Wildman–Crippen LogP) is 2.96. The molecule has 1 N–H and O–H groups in total. The van der Waals surface area contributed by atoms with E-state index >= 15 is 0 Å². The smallest absolute Gasteiger partial charge is 0.336 e. The summed E-state index contributed by atoms with van der Waals surface area (Å²) in [5.41, 5.74) is -0.00686. The van der Waals surface area contributed by atoms with Crippen LogP contribution in [0, 0.1) is 0 Å². The van der Waals surface area contributed by atoms with Crippen LogP contribution in [-0.2, 0) is 4.79 Å². The summed E-state index contributed by atoms with van der Waals surface area (Å²) in [6.07, 6.45) is 1.63. The first-order valence-corrected chi connectivity index (χ1v) is 9.31.